The Balaban J connectivity index is 2.46. The second kappa shape index (κ2) is 6.63. The predicted molar refractivity (Wildman–Crippen MR) is 64.9 cm³/mol. The third-order valence-corrected chi connectivity index (χ3v) is 2.69. The molecule has 0 amide bonds. The van der Waals surface area contributed by atoms with E-state index in [1.807, 2.05) is 44.2 Å². The number of aliphatic hydroxyl groups excluding tert-OH is 1. The van der Waals surface area contributed by atoms with E-state index in [0.29, 0.717) is 12.5 Å². The summed E-state index contributed by atoms with van der Waals surface area (Å²) in [6.45, 7) is 4.51. The lowest BCUT2D eigenvalue weighted by Crippen LogP contribution is -2.43. The maximum Gasteiger partial charge on any atom is 0.0963 e. The van der Waals surface area contributed by atoms with Crippen LogP contribution < -0.4 is 5.73 Å². The molecular weight excluding hydrogens is 202 g/mol. The van der Waals surface area contributed by atoms with Gasteiger partial charge >= 0.3 is 0 Å². The largest absolute Gasteiger partial charge is 0.394 e. The highest BCUT2D eigenvalue weighted by atomic mass is 16.5. The summed E-state index contributed by atoms with van der Waals surface area (Å²) in [7, 11) is 0. The van der Waals surface area contributed by atoms with Crippen molar-refractivity contribution in [3.63, 3.8) is 0 Å². The van der Waals surface area contributed by atoms with Crippen molar-refractivity contribution in [3.8, 4) is 0 Å². The molecular formula is C13H21NO2. The number of hydrogen-bond donors (Lipinski definition) is 2. The molecule has 2 unspecified atom stereocenters. The standard InChI is InChI=1S/C13H21NO2/c1-10(2)13(14)12(8-15)16-9-11-6-4-3-5-7-11/h3-7,10,12-13,15H,8-9,14H2,1-2H3. The van der Waals surface area contributed by atoms with Gasteiger partial charge in [-0.3, -0.25) is 0 Å². The molecule has 16 heavy (non-hydrogen) atoms. The minimum absolute atomic E-state index is 0.0355. The van der Waals surface area contributed by atoms with Crippen LogP contribution in [-0.2, 0) is 11.3 Å². The summed E-state index contributed by atoms with van der Waals surface area (Å²) < 4.78 is 5.63. The number of nitrogens with two attached hydrogens (primary N) is 1. The van der Waals surface area contributed by atoms with Gasteiger partial charge in [-0.25, -0.2) is 0 Å². The molecule has 0 spiro atoms. The first-order valence-electron chi connectivity index (χ1n) is 5.67. The van der Waals surface area contributed by atoms with Crippen molar-refractivity contribution in [2.45, 2.75) is 32.6 Å². The minimum atomic E-state index is -0.291. The Kier molecular flexibility index (Phi) is 5.46. The highest BCUT2D eigenvalue weighted by molar-refractivity contribution is 5.13. The molecule has 3 N–H and O–H groups in total. The molecule has 0 bridgehead atoms. The van der Waals surface area contributed by atoms with Crippen molar-refractivity contribution in [1.82, 2.24) is 0 Å². The van der Waals surface area contributed by atoms with Crippen molar-refractivity contribution in [2.75, 3.05) is 6.61 Å². The van der Waals surface area contributed by atoms with Gasteiger partial charge in [-0.05, 0) is 11.5 Å². The molecule has 1 rings (SSSR count). The van der Waals surface area contributed by atoms with Gasteiger partial charge in [0.15, 0.2) is 0 Å². The zero-order valence-electron chi connectivity index (χ0n) is 9.97. The lowest BCUT2D eigenvalue weighted by molar-refractivity contribution is -0.0206. The number of benzene rings is 1. The van der Waals surface area contributed by atoms with E-state index < -0.39 is 0 Å². The summed E-state index contributed by atoms with van der Waals surface area (Å²) >= 11 is 0. The van der Waals surface area contributed by atoms with Gasteiger partial charge < -0.3 is 15.6 Å². The van der Waals surface area contributed by atoms with Gasteiger partial charge in [0.05, 0.1) is 19.3 Å². The smallest absolute Gasteiger partial charge is 0.0963 e. The molecule has 3 heteroatoms. The molecule has 0 saturated carbocycles. The Labute approximate surface area is 97.2 Å². The average Bonchev–Trinajstić information content (AvgIpc) is 2.30. The van der Waals surface area contributed by atoms with E-state index in [1.54, 1.807) is 0 Å². The first-order chi connectivity index (χ1) is 7.65. The first kappa shape index (κ1) is 13.2. The van der Waals surface area contributed by atoms with Crippen molar-refractivity contribution >= 4 is 0 Å². The fourth-order valence-corrected chi connectivity index (χ4v) is 1.49. The van der Waals surface area contributed by atoms with Crippen molar-refractivity contribution in [3.05, 3.63) is 35.9 Å². The topological polar surface area (TPSA) is 55.5 Å². The van der Waals surface area contributed by atoms with Gasteiger partial charge in [0.1, 0.15) is 0 Å². The number of ether oxygens (including phenoxy) is 1. The van der Waals surface area contributed by atoms with Crippen LogP contribution in [0.4, 0.5) is 0 Å². The maximum atomic E-state index is 9.22. The van der Waals surface area contributed by atoms with E-state index in [0.717, 1.165) is 5.56 Å². The van der Waals surface area contributed by atoms with E-state index in [2.05, 4.69) is 0 Å². The number of aliphatic hydroxyl groups is 1. The summed E-state index contributed by atoms with van der Waals surface area (Å²) in [6, 6.07) is 9.76. The third kappa shape index (κ3) is 3.93. The molecule has 2 atom stereocenters. The van der Waals surface area contributed by atoms with E-state index in [-0.39, 0.29) is 18.8 Å². The van der Waals surface area contributed by atoms with Crippen LogP contribution in [0.3, 0.4) is 0 Å². The van der Waals surface area contributed by atoms with E-state index in [4.69, 9.17) is 10.5 Å². The molecule has 90 valence electrons. The monoisotopic (exact) mass is 223 g/mol. The van der Waals surface area contributed by atoms with Crippen LogP contribution in [-0.4, -0.2) is 23.9 Å². The fourth-order valence-electron chi connectivity index (χ4n) is 1.49. The van der Waals surface area contributed by atoms with Crippen LogP contribution >= 0.6 is 0 Å². The molecule has 0 radical (unpaired) electrons. The second-order valence-corrected chi connectivity index (χ2v) is 4.34. The zero-order chi connectivity index (χ0) is 12.0. The summed E-state index contributed by atoms with van der Waals surface area (Å²) in [4.78, 5) is 0. The molecule has 3 nitrogen and oxygen atoms in total. The van der Waals surface area contributed by atoms with Crippen molar-refractivity contribution in [1.29, 1.82) is 0 Å². The maximum absolute atomic E-state index is 9.22. The molecule has 1 aromatic rings. The average molecular weight is 223 g/mol. The summed E-state index contributed by atoms with van der Waals surface area (Å²) in [5, 5.41) is 9.22. The Morgan fingerprint density at radius 3 is 2.38 bits per heavy atom. The summed E-state index contributed by atoms with van der Waals surface area (Å²) in [5.74, 6) is 0.299. The van der Waals surface area contributed by atoms with Gasteiger partial charge in [-0.1, -0.05) is 44.2 Å². The molecule has 0 saturated heterocycles. The number of hydrogen-bond acceptors (Lipinski definition) is 3. The van der Waals surface area contributed by atoms with Gasteiger partial charge in [-0.15, -0.1) is 0 Å². The lowest BCUT2D eigenvalue weighted by Gasteiger charge is -2.25. The van der Waals surface area contributed by atoms with E-state index in [1.165, 1.54) is 0 Å². The normalized spacial score (nSPS) is 15.1. The third-order valence-electron chi connectivity index (χ3n) is 2.69. The SMILES string of the molecule is CC(C)C(N)C(CO)OCc1ccccc1. The van der Waals surface area contributed by atoms with Crippen LogP contribution in [0.5, 0.6) is 0 Å². The second-order valence-electron chi connectivity index (χ2n) is 4.34. The van der Waals surface area contributed by atoms with E-state index >= 15 is 0 Å². The molecule has 0 fully saturated rings. The van der Waals surface area contributed by atoms with Crippen LogP contribution in [0.1, 0.15) is 19.4 Å². The Hall–Kier alpha value is -0.900. The van der Waals surface area contributed by atoms with Crippen molar-refractivity contribution in [2.24, 2.45) is 11.7 Å². The van der Waals surface area contributed by atoms with Crippen LogP contribution in [0.2, 0.25) is 0 Å². The Bertz CT molecular complexity index is 287. The minimum Gasteiger partial charge on any atom is -0.394 e. The molecule has 0 aliphatic heterocycles. The molecule has 0 aliphatic rings. The van der Waals surface area contributed by atoms with Gasteiger partial charge in [-0.2, -0.15) is 0 Å². The summed E-state index contributed by atoms with van der Waals surface area (Å²) in [6.07, 6.45) is -0.291. The molecule has 0 aromatic heterocycles. The molecule has 0 heterocycles. The van der Waals surface area contributed by atoms with E-state index in [9.17, 15) is 5.11 Å². The Morgan fingerprint density at radius 1 is 1.25 bits per heavy atom. The lowest BCUT2D eigenvalue weighted by atomic mass is 10.00. The summed E-state index contributed by atoms with van der Waals surface area (Å²) in [5.41, 5.74) is 7.04. The van der Waals surface area contributed by atoms with Crippen LogP contribution in [0, 0.1) is 5.92 Å². The molecule has 0 aliphatic carbocycles. The highest BCUT2D eigenvalue weighted by Crippen LogP contribution is 2.10. The Morgan fingerprint density at radius 2 is 1.88 bits per heavy atom. The van der Waals surface area contributed by atoms with Crippen molar-refractivity contribution < 1.29 is 9.84 Å². The highest BCUT2D eigenvalue weighted by Gasteiger charge is 2.20. The predicted octanol–water partition coefficient (Wildman–Crippen LogP) is 1.55. The number of rotatable bonds is 6. The van der Waals surface area contributed by atoms with Gasteiger partial charge in [0.25, 0.3) is 0 Å². The fraction of sp³-hybridized carbons (Fsp3) is 0.538. The van der Waals surface area contributed by atoms with Crippen LogP contribution in [0.25, 0.3) is 0 Å². The zero-order valence-corrected chi connectivity index (χ0v) is 9.97. The quantitative estimate of drug-likeness (QED) is 0.769. The molecule has 1 aromatic carbocycles. The van der Waals surface area contributed by atoms with Crippen LogP contribution in [0.15, 0.2) is 30.3 Å². The first-order valence-corrected chi connectivity index (χ1v) is 5.67. The van der Waals surface area contributed by atoms with Gasteiger partial charge in [0, 0.05) is 6.04 Å². The van der Waals surface area contributed by atoms with Gasteiger partial charge in [0.2, 0.25) is 0 Å².